The molecule has 0 aromatic heterocycles. The Morgan fingerprint density at radius 2 is 2.10 bits per heavy atom. The highest BCUT2D eigenvalue weighted by atomic mass is 35.5. The van der Waals surface area contributed by atoms with Gasteiger partial charge >= 0.3 is 5.97 Å². The van der Waals surface area contributed by atoms with Crippen LogP contribution in [-0.4, -0.2) is 18.2 Å². The minimum atomic E-state index is -0.943. The molecule has 1 N–H and O–H groups in total. The number of rotatable bonds is 5. The van der Waals surface area contributed by atoms with Gasteiger partial charge in [0.25, 0.3) is 0 Å². The molecular formula is C15H13ClO3S. The smallest absolute Gasteiger partial charge is 0.335 e. The van der Waals surface area contributed by atoms with Gasteiger partial charge in [-0.25, -0.2) is 4.79 Å². The van der Waals surface area contributed by atoms with Crippen LogP contribution >= 0.6 is 23.4 Å². The molecule has 0 amide bonds. The van der Waals surface area contributed by atoms with E-state index < -0.39 is 5.97 Å². The molecule has 2 rings (SSSR count). The van der Waals surface area contributed by atoms with Crippen LogP contribution in [0.1, 0.15) is 15.9 Å². The Balaban J connectivity index is 2.19. The van der Waals surface area contributed by atoms with Crippen LogP contribution in [0, 0.1) is 0 Å². The van der Waals surface area contributed by atoms with E-state index in [1.54, 1.807) is 31.0 Å². The van der Waals surface area contributed by atoms with Crippen molar-refractivity contribution in [2.45, 2.75) is 10.6 Å². The number of benzene rings is 2. The Hall–Kier alpha value is -1.65. The summed E-state index contributed by atoms with van der Waals surface area (Å²) in [6.07, 6.45) is 0. The van der Waals surface area contributed by atoms with E-state index in [4.69, 9.17) is 21.4 Å². The summed E-state index contributed by atoms with van der Waals surface area (Å²) in [6.45, 7) is 0. The van der Waals surface area contributed by atoms with Crippen molar-refractivity contribution >= 4 is 29.3 Å². The van der Waals surface area contributed by atoms with Crippen molar-refractivity contribution in [2.24, 2.45) is 0 Å². The second-order valence-corrected chi connectivity index (χ2v) is 5.56. The molecule has 0 aliphatic rings. The van der Waals surface area contributed by atoms with Crippen molar-refractivity contribution in [3.8, 4) is 5.75 Å². The molecule has 0 heterocycles. The first-order valence-corrected chi connectivity index (χ1v) is 7.25. The number of aromatic carboxylic acids is 1. The average molecular weight is 309 g/mol. The number of thioether (sulfide) groups is 1. The van der Waals surface area contributed by atoms with Crippen LogP contribution in [0.15, 0.2) is 47.4 Å². The van der Waals surface area contributed by atoms with Gasteiger partial charge in [0.15, 0.2) is 0 Å². The van der Waals surface area contributed by atoms with Gasteiger partial charge in [0.2, 0.25) is 0 Å². The lowest BCUT2D eigenvalue weighted by Gasteiger charge is -2.09. The molecule has 0 aliphatic heterocycles. The van der Waals surface area contributed by atoms with Crippen molar-refractivity contribution in [2.75, 3.05) is 7.11 Å². The quantitative estimate of drug-likeness (QED) is 0.835. The van der Waals surface area contributed by atoms with Gasteiger partial charge in [-0.05, 0) is 36.4 Å². The number of hydrogen-bond donors (Lipinski definition) is 1. The molecular weight excluding hydrogens is 296 g/mol. The predicted octanol–water partition coefficient (Wildman–Crippen LogP) is 4.34. The third-order valence-electron chi connectivity index (χ3n) is 2.72. The van der Waals surface area contributed by atoms with E-state index in [1.807, 2.05) is 24.3 Å². The summed E-state index contributed by atoms with van der Waals surface area (Å²) in [7, 11) is 1.57. The zero-order chi connectivity index (χ0) is 14.5. The Labute approximate surface area is 126 Å². The van der Waals surface area contributed by atoms with E-state index in [0.29, 0.717) is 16.5 Å². The maximum atomic E-state index is 11.0. The number of halogens is 1. The van der Waals surface area contributed by atoms with Gasteiger partial charge < -0.3 is 9.84 Å². The van der Waals surface area contributed by atoms with Gasteiger partial charge in [0.05, 0.1) is 12.7 Å². The second-order valence-electron chi connectivity index (χ2n) is 4.08. The molecule has 0 bridgehead atoms. The van der Waals surface area contributed by atoms with E-state index >= 15 is 0 Å². The average Bonchev–Trinajstić information content (AvgIpc) is 2.44. The normalized spacial score (nSPS) is 10.3. The van der Waals surface area contributed by atoms with Crippen LogP contribution in [0.2, 0.25) is 5.02 Å². The maximum Gasteiger partial charge on any atom is 0.335 e. The molecule has 104 valence electrons. The number of carbonyl (C=O) groups is 1. The first kappa shape index (κ1) is 14.8. The highest BCUT2D eigenvalue weighted by molar-refractivity contribution is 7.98. The van der Waals surface area contributed by atoms with E-state index in [0.717, 1.165) is 10.5 Å². The molecule has 20 heavy (non-hydrogen) atoms. The van der Waals surface area contributed by atoms with Crippen LogP contribution in [0.25, 0.3) is 0 Å². The summed E-state index contributed by atoms with van der Waals surface area (Å²) in [5.41, 5.74) is 1.10. The summed E-state index contributed by atoms with van der Waals surface area (Å²) in [6, 6.07) is 12.4. The van der Waals surface area contributed by atoms with Gasteiger partial charge in [-0.2, -0.15) is 0 Å². The number of carboxylic acid groups (broad SMARTS) is 1. The molecule has 0 saturated heterocycles. The van der Waals surface area contributed by atoms with Gasteiger partial charge in [-0.3, -0.25) is 0 Å². The zero-order valence-corrected chi connectivity index (χ0v) is 12.4. The molecule has 0 atom stereocenters. The minimum absolute atomic E-state index is 0.257. The second kappa shape index (κ2) is 6.68. The molecule has 2 aromatic rings. The van der Waals surface area contributed by atoms with Crippen molar-refractivity contribution in [3.05, 3.63) is 58.6 Å². The lowest BCUT2D eigenvalue weighted by Crippen LogP contribution is -1.99. The van der Waals surface area contributed by atoms with Gasteiger partial charge in [-0.1, -0.05) is 17.7 Å². The minimum Gasteiger partial charge on any atom is -0.496 e. The molecule has 0 aliphatic carbocycles. The predicted molar refractivity (Wildman–Crippen MR) is 81.0 cm³/mol. The van der Waals surface area contributed by atoms with Crippen LogP contribution in [0.5, 0.6) is 5.75 Å². The van der Waals surface area contributed by atoms with Crippen LogP contribution in [0.4, 0.5) is 0 Å². The number of carboxylic acids is 1. The Bertz CT molecular complexity index is 628. The summed E-state index contributed by atoms with van der Waals surface area (Å²) >= 11 is 7.52. The first-order valence-electron chi connectivity index (χ1n) is 5.88. The van der Waals surface area contributed by atoms with Crippen molar-refractivity contribution in [3.63, 3.8) is 0 Å². The lowest BCUT2D eigenvalue weighted by molar-refractivity contribution is 0.0696. The Morgan fingerprint density at radius 3 is 2.75 bits per heavy atom. The maximum absolute atomic E-state index is 11.0. The summed E-state index contributed by atoms with van der Waals surface area (Å²) < 4.78 is 5.26. The Morgan fingerprint density at radius 1 is 1.30 bits per heavy atom. The number of ether oxygens (including phenoxy) is 1. The fourth-order valence-corrected chi connectivity index (χ4v) is 2.93. The van der Waals surface area contributed by atoms with Crippen LogP contribution in [0.3, 0.4) is 0 Å². The van der Waals surface area contributed by atoms with E-state index in [1.165, 1.54) is 6.07 Å². The highest BCUT2D eigenvalue weighted by Crippen LogP contribution is 2.30. The van der Waals surface area contributed by atoms with Crippen molar-refractivity contribution in [1.82, 2.24) is 0 Å². The number of methoxy groups -OCH3 is 1. The topological polar surface area (TPSA) is 46.5 Å². The van der Waals surface area contributed by atoms with Crippen LogP contribution in [-0.2, 0) is 5.75 Å². The van der Waals surface area contributed by atoms with Crippen LogP contribution < -0.4 is 4.74 Å². The third-order valence-corrected chi connectivity index (χ3v) is 4.00. The summed E-state index contributed by atoms with van der Waals surface area (Å²) in [4.78, 5) is 12.0. The molecule has 0 spiro atoms. The zero-order valence-electron chi connectivity index (χ0n) is 10.8. The lowest BCUT2D eigenvalue weighted by atomic mass is 10.1. The van der Waals surface area contributed by atoms with Gasteiger partial charge in [0.1, 0.15) is 5.75 Å². The fourth-order valence-electron chi connectivity index (χ4n) is 1.74. The molecule has 3 nitrogen and oxygen atoms in total. The largest absolute Gasteiger partial charge is 0.496 e. The third kappa shape index (κ3) is 3.68. The van der Waals surface area contributed by atoms with E-state index in [9.17, 15) is 4.79 Å². The molecule has 5 heteroatoms. The fraction of sp³-hybridized carbons (Fsp3) is 0.133. The standard InChI is InChI=1S/C15H13ClO3S/c1-19-14-6-5-10(15(17)18)7-11(14)9-20-13-4-2-3-12(16)8-13/h2-8H,9H2,1H3,(H,17,18). The molecule has 2 aromatic carbocycles. The molecule has 0 unspecified atom stereocenters. The van der Waals surface area contributed by atoms with E-state index in [2.05, 4.69) is 0 Å². The SMILES string of the molecule is COc1ccc(C(=O)O)cc1CSc1cccc(Cl)c1. The number of hydrogen-bond acceptors (Lipinski definition) is 3. The molecule has 0 fully saturated rings. The summed E-state index contributed by atoms with van der Waals surface area (Å²) in [5, 5.41) is 9.71. The van der Waals surface area contributed by atoms with E-state index in [-0.39, 0.29) is 5.56 Å². The van der Waals surface area contributed by atoms with Crippen molar-refractivity contribution < 1.29 is 14.6 Å². The monoisotopic (exact) mass is 308 g/mol. The molecule has 0 radical (unpaired) electrons. The van der Waals surface area contributed by atoms with Crippen molar-refractivity contribution in [1.29, 1.82) is 0 Å². The first-order chi connectivity index (χ1) is 9.60. The summed E-state index contributed by atoms with van der Waals surface area (Å²) in [5.74, 6) is 0.358. The van der Waals surface area contributed by atoms with Gasteiger partial charge in [0, 0.05) is 21.2 Å². The van der Waals surface area contributed by atoms with Gasteiger partial charge in [-0.15, -0.1) is 11.8 Å². The highest BCUT2D eigenvalue weighted by Gasteiger charge is 2.09. The Kier molecular flexibility index (Phi) is 4.93. The molecule has 0 saturated carbocycles.